The van der Waals surface area contributed by atoms with E-state index < -0.39 is 0 Å². The first-order valence-electron chi connectivity index (χ1n) is 7.29. The van der Waals surface area contributed by atoms with Gasteiger partial charge in [0, 0.05) is 5.56 Å². The highest BCUT2D eigenvalue weighted by molar-refractivity contribution is 5.38. The summed E-state index contributed by atoms with van der Waals surface area (Å²) in [4.78, 5) is 0. The number of halogens is 2. The minimum Gasteiger partial charge on any atom is -0.306 e. The van der Waals surface area contributed by atoms with Gasteiger partial charge in [-0.2, -0.15) is 0 Å². The van der Waals surface area contributed by atoms with Crippen molar-refractivity contribution >= 4 is 0 Å². The first kappa shape index (κ1) is 15.6. The number of nitrogens with one attached hydrogen (secondary N) is 1. The second-order valence-corrected chi connectivity index (χ2v) is 5.38. The molecule has 2 aromatic rings. The molecule has 2 aromatic carbocycles. The summed E-state index contributed by atoms with van der Waals surface area (Å²) in [5, 5.41) is 3.35. The molecule has 0 saturated carbocycles. The molecule has 0 heterocycles. The summed E-state index contributed by atoms with van der Waals surface area (Å²) in [6, 6.07) is 10.1. The molecule has 1 atom stereocenters. The van der Waals surface area contributed by atoms with E-state index in [2.05, 4.69) is 12.2 Å². The molecule has 3 heteroatoms. The van der Waals surface area contributed by atoms with Gasteiger partial charge < -0.3 is 5.32 Å². The van der Waals surface area contributed by atoms with Gasteiger partial charge >= 0.3 is 0 Å². The average Bonchev–Trinajstić information content (AvgIpc) is 2.46. The van der Waals surface area contributed by atoms with Gasteiger partial charge in [0.2, 0.25) is 0 Å². The number of hydrogen-bond acceptors (Lipinski definition) is 1. The number of benzene rings is 2. The molecule has 0 radical (unpaired) electrons. The third-order valence-electron chi connectivity index (χ3n) is 3.61. The van der Waals surface area contributed by atoms with Gasteiger partial charge in [-0.3, -0.25) is 0 Å². The fraction of sp³-hybridized carbons (Fsp3) is 0.333. The first-order valence-corrected chi connectivity index (χ1v) is 7.29. The first-order chi connectivity index (χ1) is 10.0. The normalized spacial score (nSPS) is 12.4. The maximum Gasteiger partial charge on any atom is 0.129 e. The lowest BCUT2D eigenvalue weighted by atomic mass is 9.94. The molecule has 1 unspecified atom stereocenters. The molecule has 1 nitrogen and oxygen atoms in total. The quantitative estimate of drug-likeness (QED) is 0.843. The van der Waals surface area contributed by atoms with Crippen LogP contribution >= 0.6 is 0 Å². The van der Waals surface area contributed by atoms with Crippen LogP contribution in [0.25, 0.3) is 0 Å². The van der Waals surface area contributed by atoms with E-state index in [1.807, 2.05) is 6.07 Å². The van der Waals surface area contributed by atoms with Crippen molar-refractivity contribution < 1.29 is 8.78 Å². The van der Waals surface area contributed by atoms with Crippen molar-refractivity contribution in [1.82, 2.24) is 5.32 Å². The van der Waals surface area contributed by atoms with Crippen molar-refractivity contribution in [3.63, 3.8) is 0 Å². The summed E-state index contributed by atoms with van der Waals surface area (Å²) in [5.41, 5.74) is 2.66. The Morgan fingerprint density at radius 1 is 1.05 bits per heavy atom. The predicted octanol–water partition coefficient (Wildman–Crippen LogP) is 4.67. The molecule has 0 spiro atoms. The van der Waals surface area contributed by atoms with Gasteiger partial charge in [-0.15, -0.1) is 0 Å². The minimum atomic E-state index is -0.260. The lowest BCUT2D eigenvalue weighted by Gasteiger charge is -2.21. The zero-order chi connectivity index (χ0) is 15.4. The van der Waals surface area contributed by atoms with Crippen molar-refractivity contribution in [2.45, 2.75) is 33.2 Å². The van der Waals surface area contributed by atoms with Gasteiger partial charge in [0.1, 0.15) is 11.6 Å². The van der Waals surface area contributed by atoms with E-state index in [-0.39, 0.29) is 17.7 Å². The van der Waals surface area contributed by atoms with E-state index in [9.17, 15) is 8.78 Å². The third kappa shape index (κ3) is 3.48. The highest BCUT2D eigenvalue weighted by Crippen LogP contribution is 2.27. The van der Waals surface area contributed by atoms with Gasteiger partial charge in [0.15, 0.2) is 0 Å². The smallest absolute Gasteiger partial charge is 0.129 e. The Morgan fingerprint density at radius 3 is 2.24 bits per heavy atom. The van der Waals surface area contributed by atoms with Gasteiger partial charge in [0.25, 0.3) is 0 Å². The van der Waals surface area contributed by atoms with Gasteiger partial charge in [-0.05, 0) is 49.6 Å². The van der Waals surface area contributed by atoms with Crippen LogP contribution in [0.5, 0.6) is 0 Å². The van der Waals surface area contributed by atoms with E-state index in [0.29, 0.717) is 16.7 Å². The molecule has 0 saturated heterocycles. The fourth-order valence-electron chi connectivity index (χ4n) is 2.55. The summed E-state index contributed by atoms with van der Waals surface area (Å²) in [7, 11) is 0. The molecular formula is C18H21F2N. The monoisotopic (exact) mass is 289 g/mol. The van der Waals surface area contributed by atoms with Crippen LogP contribution in [0.3, 0.4) is 0 Å². The van der Waals surface area contributed by atoms with E-state index in [0.717, 1.165) is 18.5 Å². The molecule has 2 rings (SSSR count). The van der Waals surface area contributed by atoms with Crippen LogP contribution < -0.4 is 5.32 Å². The average molecular weight is 289 g/mol. The zero-order valence-electron chi connectivity index (χ0n) is 12.7. The van der Waals surface area contributed by atoms with Crippen molar-refractivity contribution in [3.05, 3.63) is 70.3 Å². The van der Waals surface area contributed by atoms with Crippen LogP contribution in [-0.2, 0) is 0 Å². The molecule has 0 bridgehead atoms. The summed E-state index contributed by atoms with van der Waals surface area (Å²) >= 11 is 0. The van der Waals surface area contributed by atoms with E-state index >= 15 is 0 Å². The molecule has 0 aliphatic carbocycles. The van der Waals surface area contributed by atoms with Crippen LogP contribution in [0.1, 0.15) is 41.6 Å². The molecular weight excluding hydrogens is 268 g/mol. The van der Waals surface area contributed by atoms with Crippen molar-refractivity contribution in [2.24, 2.45) is 0 Å². The van der Waals surface area contributed by atoms with Crippen LogP contribution in [0.4, 0.5) is 8.78 Å². The Morgan fingerprint density at radius 2 is 1.67 bits per heavy atom. The van der Waals surface area contributed by atoms with E-state index in [1.165, 1.54) is 6.07 Å². The lowest BCUT2D eigenvalue weighted by molar-refractivity contribution is 0.544. The Balaban J connectivity index is 2.48. The Kier molecular flexibility index (Phi) is 5.07. The zero-order valence-corrected chi connectivity index (χ0v) is 12.7. The topological polar surface area (TPSA) is 12.0 Å². The van der Waals surface area contributed by atoms with Crippen LogP contribution in [0.15, 0.2) is 36.4 Å². The molecule has 0 aliphatic rings. The summed E-state index contributed by atoms with van der Waals surface area (Å²) in [6.07, 6.45) is 0.949. The van der Waals surface area contributed by atoms with Crippen molar-refractivity contribution in [1.29, 1.82) is 0 Å². The summed E-state index contributed by atoms with van der Waals surface area (Å²) in [6.45, 7) is 6.31. The number of aryl methyl sites for hydroxylation is 2. The SMILES string of the molecule is CCCNC(c1cc(C)c(F)c(C)c1)c1ccccc1F. The summed E-state index contributed by atoms with van der Waals surface area (Å²) < 4.78 is 27.9. The maximum atomic E-state index is 14.1. The van der Waals surface area contributed by atoms with Crippen molar-refractivity contribution in [3.8, 4) is 0 Å². The van der Waals surface area contributed by atoms with Crippen LogP contribution in [0, 0.1) is 25.5 Å². The summed E-state index contributed by atoms with van der Waals surface area (Å²) in [5.74, 6) is -0.438. The van der Waals surface area contributed by atoms with Crippen molar-refractivity contribution in [2.75, 3.05) is 6.54 Å². The molecule has 0 aromatic heterocycles. The van der Waals surface area contributed by atoms with Crippen LogP contribution in [0.2, 0.25) is 0 Å². The molecule has 112 valence electrons. The highest BCUT2D eigenvalue weighted by Gasteiger charge is 2.18. The molecule has 21 heavy (non-hydrogen) atoms. The predicted molar refractivity (Wildman–Crippen MR) is 82.4 cm³/mol. The third-order valence-corrected chi connectivity index (χ3v) is 3.61. The number of rotatable bonds is 5. The van der Waals surface area contributed by atoms with Gasteiger partial charge in [0.05, 0.1) is 6.04 Å². The van der Waals surface area contributed by atoms with Gasteiger partial charge in [-0.25, -0.2) is 8.78 Å². The van der Waals surface area contributed by atoms with E-state index in [4.69, 9.17) is 0 Å². The molecule has 1 N–H and O–H groups in total. The molecule has 0 fully saturated rings. The number of hydrogen-bond donors (Lipinski definition) is 1. The Bertz CT molecular complexity index is 599. The Labute approximate surface area is 125 Å². The van der Waals surface area contributed by atoms with Gasteiger partial charge in [-0.1, -0.05) is 37.3 Å². The Hall–Kier alpha value is -1.74. The fourth-order valence-corrected chi connectivity index (χ4v) is 2.55. The molecule has 0 aliphatic heterocycles. The highest BCUT2D eigenvalue weighted by atomic mass is 19.1. The molecule has 0 amide bonds. The second kappa shape index (κ2) is 6.81. The minimum absolute atomic E-state index is 0.193. The van der Waals surface area contributed by atoms with Crippen LogP contribution in [-0.4, -0.2) is 6.54 Å². The standard InChI is InChI=1S/C18H21F2N/c1-4-9-21-18(15-7-5-6-8-16(15)19)14-10-12(2)17(20)13(3)11-14/h5-8,10-11,18,21H,4,9H2,1-3H3. The largest absolute Gasteiger partial charge is 0.306 e. The lowest BCUT2D eigenvalue weighted by Crippen LogP contribution is -2.24. The maximum absolute atomic E-state index is 14.1. The van der Waals surface area contributed by atoms with E-state index in [1.54, 1.807) is 38.1 Å². The second-order valence-electron chi connectivity index (χ2n) is 5.38.